The van der Waals surface area contributed by atoms with E-state index in [4.69, 9.17) is 0 Å². The van der Waals surface area contributed by atoms with Crippen LogP contribution in [0, 0.1) is 5.92 Å². The zero-order valence-electron chi connectivity index (χ0n) is 16.6. The highest BCUT2D eigenvalue weighted by Gasteiger charge is 2.33. The molecule has 1 aromatic heterocycles. The van der Waals surface area contributed by atoms with Crippen LogP contribution in [-0.2, 0) is 24.8 Å². The van der Waals surface area contributed by atoms with E-state index in [1.807, 2.05) is 0 Å². The molecule has 2 heterocycles. The monoisotopic (exact) mass is 471 g/mol. The Morgan fingerprint density at radius 3 is 2.47 bits per heavy atom. The average molecular weight is 472 g/mol. The molecule has 3 rings (SSSR count). The average Bonchev–Trinajstić information content (AvgIpc) is 3.25. The Balaban J connectivity index is 1.62. The molecule has 0 spiro atoms. The van der Waals surface area contributed by atoms with E-state index in [2.05, 4.69) is 10.0 Å². The number of benzene rings is 1. The minimum Gasteiger partial charge on any atom is -0.326 e. The van der Waals surface area contributed by atoms with Crippen LogP contribution in [0.1, 0.15) is 26.2 Å². The highest BCUT2D eigenvalue weighted by atomic mass is 32.2. The number of hydrogen-bond acceptors (Lipinski definition) is 6. The second-order valence-corrected chi connectivity index (χ2v) is 12.1. The molecule has 164 valence electrons. The van der Waals surface area contributed by atoms with Gasteiger partial charge in [0.25, 0.3) is 10.0 Å². The van der Waals surface area contributed by atoms with Crippen molar-refractivity contribution >= 4 is 48.7 Å². The zero-order chi connectivity index (χ0) is 21.8. The third-order valence-corrected chi connectivity index (χ3v) is 9.47. The molecule has 11 heteroatoms. The van der Waals surface area contributed by atoms with E-state index >= 15 is 0 Å². The van der Waals surface area contributed by atoms with Crippen LogP contribution in [0.3, 0.4) is 0 Å². The van der Waals surface area contributed by atoms with Gasteiger partial charge in [-0.3, -0.25) is 9.52 Å². The molecule has 1 fully saturated rings. The van der Waals surface area contributed by atoms with Crippen LogP contribution in [0.5, 0.6) is 0 Å². The molecule has 1 aliphatic heterocycles. The standard InChI is InChI=1S/C19H25N3O5S3/c1-2-13-29(24,25)21-17-9-7-16(8-10-17)20-19(23)15-5-3-11-22(14-15)30(26,27)18-6-4-12-28-18/h4,6-10,12,15,21H,2-3,5,11,13-14H2,1H3,(H,20,23). The van der Waals surface area contributed by atoms with Crippen LogP contribution >= 0.6 is 11.3 Å². The van der Waals surface area contributed by atoms with E-state index in [9.17, 15) is 21.6 Å². The lowest BCUT2D eigenvalue weighted by Gasteiger charge is -2.30. The number of anilines is 2. The molecule has 0 saturated carbocycles. The van der Waals surface area contributed by atoms with E-state index in [1.54, 1.807) is 48.7 Å². The van der Waals surface area contributed by atoms with Gasteiger partial charge < -0.3 is 5.32 Å². The van der Waals surface area contributed by atoms with Crippen molar-refractivity contribution in [3.63, 3.8) is 0 Å². The quantitative estimate of drug-likeness (QED) is 0.615. The summed E-state index contributed by atoms with van der Waals surface area (Å²) in [4.78, 5) is 12.7. The maximum Gasteiger partial charge on any atom is 0.252 e. The molecule has 1 aliphatic rings. The number of sulfonamides is 2. The Hall–Kier alpha value is -1.95. The maximum absolute atomic E-state index is 12.7. The first-order valence-electron chi connectivity index (χ1n) is 9.66. The molecule has 2 aromatic rings. The second kappa shape index (κ2) is 9.46. The summed E-state index contributed by atoms with van der Waals surface area (Å²) < 4.78 is 53.2. The Labute approximate surface area is 181 Å². The van der Waals surface area contributed by atoms with Crippen molar-refractivity contribution in [2.45, 2.75) is 30.4 Å². The number of carbonyl (C=O) groups is 1. The number of amides is 1. The number of nitrogens with zero attached hydrogens (tertiary/aromatic N) is 1. The van der Waals surface area contributed by atoms with Gasteiger partial charge in [-0.15, -0.1) is 11.3 Å². The van der Waals surface area contributed by atoms with E-state index < -0.39 is 26.0 Å². The van der Waals surface area contributed by atoms with Gasteiger partial charge >= 0.3 is 0 Å². The Morgan fingerprint density at radius 2 is 1.83 bits per heavy atom. The first-order chi connectivity index (χ1) is 14.2. The lowest BCUT2D eigenvalue weighted by Crippen LogP contribution is -2.43. The summed E-state index contributed by atoms with van der Waals surface area (Å²) in [6, 6.07) is 9.65. The molecule has 2 N–H and O–H groups in total. The number of thiophene rings is 1. The summed E-state index contributed by atoms with van der Waals surface area (Å²) >= 11 is 1.16. The van der Waals surface area contributed by atoms with Crippen LogP contribution in [0.15, 0.2) is 46.0 Å². The first kappa shape index (κ1) is 22.7. The van der Waals surface area contributed by atoms with Crippen molar-refractivity contribution in [3.8, 4) is 0 Å². The number of hydrogen-bond donors (Lipinski definition) is 2. The van der Waals surface area contributed by atoms with Gasteiger partial charge in [-0.1, -0.05) is 13.0 Å². The summed E-state index contributed by atoms with van der Waals surface area (Å²) in [7, 11) is -6.95. The molecule has 0 bridgehead atoms. The smallest absolute Gasteiger partial charge is 0.252 e. The third-order valence-electron chi connectivity index (χ3n) is 4.74. The van der Waals surface area contributed by atoms with Crippen LogP contribution in [-0.4, -0.2) is 45.9 Å². The Bertz CT molecular complexity index is 1070. The summed E-state index contributed by atoms with van der Waals surface area (Å²) in [5.74, 6) is -0.658. The minimum atomic E-state index is -3.58. The van der Waals surface area contributed by atoms with E-state index in [1.165, 1.54) is 4.31 Å². The summed E-state index contributed by atoms with van der Waals surface area (Å²) in [5, 5.41) is 4.51. The molecule has 1 aromatic carbocycles. The molecule has 0 radical (unpaired) electrons. The van der Waals surface area contributed by atoms with Crippen LogP contribution < -0.4 is 10.0 Å². The highest BCUT2D eigenvalue weighted by molar-refractivity contribution is 7.92. The summed E-state index contributed by atoms with van der Waals surface area (Å²) in [6.07, 6.45) is 1.74. The molecule has 1 atom stereocenters. The lowest BCUT2D eigenvalue weighted by atomic mass is 9.98. The fourth-order valence-corrected chi connectivity index (χ4v) is 7.08. The van der Waals surface area contributed by atoms with Gasteiger partial charge in [0, 0.05) is 24.5 Å². The molecule has 1 saturated heterocycles. The predicted molar refractivity (Wildman–Crippen MR) is 119 cm³/mol. The molecular weight excluding hydrogens is 446 g/mol. The molecule has 1 amide bonds. The van der Waals surface area contributed by atoms with Crippen molar-refractivity contribution in [2.75, 3.05) is 28.9 Å². The summed E-state index contributed by atoms with van der Waals surface area (Å²) in [5.41, 5.74) is 0.948. The fourth-order valence-electron chi connectivity index (χ4n) is 3.28. The van der Waals surface area contributed by atoms with Crippen molar-refractivity contribution in [3.05, 3.63) is 41.8 Å². The summed E-state index contributed by atoms with van der Waals surface area (Å²) in [6.45, 7) is 2.33. The molecule has 30 heavy (non-hydrogen) atoms. The topological polar surface area (TPSA) is 113 Å². The Kier molecular flexibility index (Phi) is 7.17. The van der Waals surface area contributed by atoms with E-state index in [0.717, 1.165) is 11.3 Å². The van der Waals surface area contributed by atoms with E-state index in [-0.39, 0.29) is 22.4 Å². The SMILES string of the molecule is CCCS(=O)(=O)Nc1ccc(NC(=O)C2CCCN(S(=O)(=O)c3cccs3)C2)cc1. The van der Waals surface area contributed by atoms with Gasteiger partial charge in [0.15, 0.2) is 0 Å². The van der Waals surface area contributed by atoms with Gasteiger partial charge in [-0.25, -0.2) is 16.8 Å². The van der Waals surface area contributed by atoms with E-state index in [0.29, 0.717) is 37.2 Å². The number of nitrogens with one attached hydrogen (secondary N) is 2. The van der Waals surface area contributed by atoms with Crippen molar-refractivity contribution in [1.82, 2.24) is 4.31 Å². The van der Waals surface area contributed by atoms with Gasteiger partial charge in [0.1, 0.15) is 4.21 Å². The first-order valence-corrected chi connectivity index (χ1v) is 13.6. The number of rotatable bonds is 8. The van der Waals surface area contributed by atoms with Gasteiger partial charge in [-0.05, 0) is 55.0 Å². The van der Waals surface area contributed by atoms with Crippen molar-refractivity contribution in [2.24, 2.45) is 5.92 Å². The van der Waals surface area contributed by atoms with Crippen LogP contribution in [0.4, 0.5) is 11.4 Å². The molecular formula is C19H25N3O5S3. The highest BCUT2D eigenvalue weighted by Crippen LogP contribution is 2.27. The number of carbonyl (C=O) groups excluding carboxylic acids is 1. The minimum absolute atomic E-state index is 0.0397. The number of piperidine rings is 1. The van der Waals surface area contributed by atoms with Crippen LogP contribution in [0.2, 0.25) is 0 Å². The zero-order valence-corrected chi connectivity index (χ0v) is 19.0. The normalized spacial score (nSPS) is 18.1. The van der Waals surface area contributed by atoms with Crippen molar-refractivity contribution in [1.29, 1.82) is 0 Å². The molecule has 0 aliphatic carbocycles. The van der Waals surface area contributed by atoms with Crippen molar-refractivity contribution < 1.29 is 21.6 Å². The second-order valence-electron chi connectivity index (χ2n) is 7.12. The maximum atomic E-state index is 12.7. The van der Waals surface area contributed by atoms with Gasteiger partial charge in [0.05, 0.1) is 11.7 Å². The molecule has 8 nitrogen and oxygen atoms in total. The van der Waals surface area contributed by atoms with Crippen LogP contribution in [0.25, 0.3) is 0 Å². The third kappa shape index (κ3) is 5.60. The lowest BCUT2D eigenvalue weighted by molar-refractivity contribution is -0.120. The fraction of sp³-hybridized carbons (Fsp3) is 0.421. The van der Waals surface area contributed by atoms with Gasteiger partial charge in [-0.2, -0.15) is 4.31 Å². The molecule has 1 unspecified atom stereocenters. The predicted octanol–water partition coefficient (Wildman–Crippen LogP) is 2.94. The largest absolute Gasteiger partial charge is 0.326 e. The Morgan fingerprint density at radius 1 is 1.13 bits per heavy atom. The van der Waals surface area contributed by atoms with Gasteiger partial charge in [0.2, 0.25) is 15.9 Å².